The van der Waals surface area contributed by atoms with Crippen LogP contribution in [-0.4, -0.2) is 35.3 Å². The smallest absolute Gasteiger partial charge is 0.227 e. The number of aromatic nitrogens is 2. The van der Waals surface area contributed by atoms with Crippen molar-refractivity contribution in [2.75, 3.05) is 19.6 Å². The summed E-state index contributed by atoms with van der Waals surface area (Å²) in [7, 11) is 1.90. The number of aryl methyl sites for hydroxylation is 1. The van der Waals surface area contributed by atoms with Gasteiger partial charge in [0.1, 0.15) is 0 Å². The van der Waals surface area contributed by atoms with Gasteiger partial charge in [0.15, 0.2) is 0 Å². The standard InChI is InChI=1S/C12H20N4O/c1-12(5-7-13-9-12)11(17)14-6-3-10-4-8-16(2)15-10/h4,8,13H,3,5-7,9H2,1-2H3,(H,14,17). The fraction of sp³-hybridized carbons (Fsp3) is 0.667. The molecule has 2 heterocycles. The summed E-state index contributed by atoms with van der Waals surface area (Å²) in [5.41, 5.74) is 0.784. The van der Waals surface area contributed by atoms with E-state index >= 15 is 0 Å². The fourth-order valence-corrected chi connectivity index (χ4v) is 2.12. The number of nitrogens with zero attached hydrogens (tertiary/aromatic N) is 2. The molecule has 0 radical (unpaired) electrons. The number of hydrogen-bond acceptors (Lipinski definition) is 3. The number of carbonyl (C=O) groups excluding carboxylic acids is 1. The predicted octanol–water partition coefficient (Wildman–Crippen LogP) is 0.0784. The lowest BCUT2D eigenvalue weighted by molar-refractivity contribution is -0.129. The molecule has 1 atom stereocenters. The minimum absolute atomic E-state index is 0.151. The summed E-state index contributed by atoms with van der Waals surface area (Å²) < 4.78 is 1.78. The molecule has 1 amide bonds. The van der Waals surface area contributed by atoms with Crippen LogP contribution in [0.2, 0.25) is 0 Å². The molecule has 5 heteroatoms. The average Bonchev–Trinajstić information content (AvgIpc) is 2.89. The zero-order valence-electron chi connectivity index (χ0n) is 10.5. The monoisotopic (exact) mass is 236 g/mol. The molecule has 0 bridgehead atoms. The molecular formula is C12H20N4O. The Morgan fingerprint density at radius 2 is 2.53 bits per heavy atom. The van der Waals surface area contributed by atoms with E-state index in [-0.39, 0.29) is 11.3 Å². The van der Waals surface area contributed by atoms with Crippen molar-refractivity contribution in [3.05, 3.63) is 18.0 Å². The third kappa shape index (κ3) is 2.85. The molecule has 1 fully saturated rings. The Morgan fingerprint density at radius 1 is 1.71 bits per heavy atom. The summed E-state index contributed by atoms with van der Waals surface area (Å²) >= 11 is 0. The van der Waals surface area contributed by atoms with Gasteiger partial charge in [-0.15, -0.1) is 0 Å². The summed E-state index contributed by atoms with van der Waals surface area (Å²) in [5, 5.41) is 10.5. The molecule has 1 aliphatic rings. The molecule has 0 spiro atoms. The first kappa shape index (κ1) is 12.1. The van der Waals surface area contributed by atoms with Gasteiger partial charge in [0.2, 0.25) is 5.91 Å². The number of amides is 1. The van der Waals surface area contributed by atoms with E-state index < -0.39 is 0 Å². The molecule has 17 heavy (non-hydrogen) atoms. The van der Waals surface area contributed by atoms with E-state index in [9.17, 15) is 4.79 Å². The van der Waals surface area contributed by atoms with Crippen molar-refractivity contribution in [3.63, 3.8) is 0 Å². The van der Waals surface area contributed by atoms with E-state index in [2.05, 4.69) is 15.7 Å². The van der Waals surface area contributed by atoms with Gasteiger partial charge in [0.05, 0.1) is 11.1 Å². The zero-order valence-corrected chi connectivity index (χ0v) is 10.5. The molecule has 1 unspecified atom stereocenters. The first-order valence-corrected chi connectivity index (χ1v) is 6.08. The second-order valence-corrected chi connectivity index (χ2v) is 4.97. The number of carbonyl (C=O) groups is 1. The summed E-state index contributed by atoms with van der Waals surface area (Å²) in [6.45, 7) is 4.39. The maximum absolute atomic E-state index is 12.0. The molecule has 94 valence electrons. The Morgan fingerprint density at radius 3 is 3.12 bits per heavy atom. The van der Waals surface area contributed by atoms with Crippen molar-refractivity contribution in [3.8, 4) is 0 Å². The van der Waals surface area contributed by atoms with Crippen molar-refractivity contribution < 1.29 is 4.79 Å². The number of nitrogens with one attached hydrogen (secondary N) is 2. The first-order valence-electron chi connectivity index (χ1n) is 6.08. The second-order valence-electron chi connectivity index (χ2n) is 4.97. The van der Waals surface area contributed by atoms with Crippen LogP contribution in [0.4, 0.5) is 0 Å². The number of rotatable bonds is 4. The average molecular weight is 236 g/mol. The first-order chi connectivity index (χ1) is 8.10. The van der Waals surface area contributed by atoms with Crippen molar-refractivity contribution in [2.45, 2.75) is 19.8 Å². The van der Waals surface area contributed by atoms with Crippen LogP contribution in [0.15, 0.2) is 12.3 Å². The Hall–Kier alpha value is -1.36. The van der Waals surface area contributed by atoms with Crippen molar-refractivity contribution in [1.82, 2.24) is 20.4 Å². The van der Waals surface area contributed by atoms with Crippen LogP contribution in [0.25, 0.3) is 0 Å². The fourth-order valence-electron chi connectivity index (χ4n) is 2.12. The van der Waals surface area contributed by atoms with Gasteiger partial charge in [-0.2, -0.15) is 5.10 Å². The van der Waals surface area contributed by atoms with Crippen molar-refractivity contribution in [1.29, 1.82) is 0 Å². The van der Waals surface area contributed by atoms with E-state index in [1.807, 2.05) is 26.2 Å². The second kappa shape index (κ2) is 4.87. The Labute approximate surface area is 102 Å². The third-order valence-electron chi connectivity index (χ3n) is 3.35. The Balaban J connectivity index is 1.77. The summed E-state index contributed by atoms with van der Waals surface area (Å²) in [6, 6.07) is 1.98. The lowest BCUT2D eigenvalue weighted by Crippen LogP contribution is -2.41. The van der Waals surface area contributed by atoms with Gasteiger partial charge in [0.25, 0.3) is 0 Å². The number of hydrogen-bond donors (Lipinski definition) is 2. The molecule has 2 rings (SSSR count). The van der Waals surface area contributed by atoms with Gasteiger partial charge in [-0.25, -0.2) is 0 Å². The zero-order chi connectivity index (χ0) is 12.3. The van der Waals surface area contributed by atoms with Crippen LogP contribution in [0.1, 0.15) is 19.0 Å². The minimum atomic E-state index is -0.232. The lowest BCUT2D eigenvalue weighted by atomic mass is 9.89. The molecule has 0 aromatic carbocycles. The molecule has 1 aromatic rings. The SMILES string of the molecule is Cn1ccc(CCNC(=O)C2(C)CCNC2)n1. The summed E-state index contributed by atoms with van der Waals surface area (Å²) in [6.07, 6.45) is 3.62. The van der Waals surface area contributed by atoms with E-state index in [1.165, 1.54) is 0 Å². The maximum Gasteiger partial charge on any atom is 0.227 e. The quantitative estimate of drug-likeness (QED) is 0.778. The highest BCUT2D eigenvalue weighted by Gasteiger charge is 2.35. The molecule has 1 aliphatic heterocycles. The Bertz CT molecular complexity index is 393. The van der Waals surface area contributed by atoms with Gasteiger partial charge in [0, 0.05) is 32.8 Å². The molecule has 0 aliphatic carbocycles. The minimum Gasteiger partial charge on any atom is -0.355 e. The largest absolute Gasteiger partial charge is 0.355 e. The van der Waals surface area contributed by atoms with Crippen LogP contribution in [0, 0.1) is 5.41 Å². The van der Waals surface area contributed by atoms with Gasteiger partial charge in [-0.05, 0) is 26.0 Å². The summed E-state index contributed by atoms with van der Waals surface area (Å²) in [4.78, 5) is 12.0. The topological polar surface area (TPSA) is 59.0 Å². The molecular weight excluding hydrogens is 216 g/mol. The van der Waals surface area contributed by atoms with Crippen LogP contribution >= 0.6 is 0 Å². The predicted molar refractivity (Wildman–Crippen MR) is 65.5 cm³/mol. The van der Waals surface area contributed by atoms with Crippen LogP contribution in [0.3, 0.4) is 0 Å². The van der Waals surface area contributed by atoms with Gasteiger partial charge in [-0.1, -0.05) is 0 Å². The highest BCUT2D eigenvalue weighted by Crippen LogP contribution is 2.24. The highest BCUT2D eigenvalue weighted by atomic mass is 16.2. The molecule has 2 N–H and O–H groups in total. The van der Waals surface area contributed by atoms with Crippen molar-refractivity contribution >= 4 is 5.91 Å². The summed E-state index contributed by atoms with van der Waals surface area (Å²) in [5.74, 6) is 0.151. The van der Waals surface area contributed by atoms with Crippen LogP contribution in [-0.2, 0) is 18.3 Å². The third-order valence-corrected chi connectivity index (χ3v) is 3.35. The maximum atomic E-state index is 12.0. The Kier molecular flexibility index (Phi) is 3.47. The molecule has 1 aromatic heterocycles. The normalized spacial score (nSPS) is 23.9. The lowest BCUT2D eigenvalue weighted by Gasteiger charge is -2.21. The van der Waals surface area contributed by atoms with Crippen molar-refractivity contribution in [2.24, 2.45) is 12.5 Å². The van der Waals surface area contributed by atoms with E-state index in [1.54, 1.807) is 4.68 Å². The van der Waals surface area contributed by atoms with E-state index in [0.717, 1.165) is 31.6 Å². The van der Waals surface area contributed by atoms with E-state index in [0.29, 0.717) is 6.54 Å². The van der Waals surface area contributed by atoms with Crippen LogP contribution < -0.4 is 10.6 Å². The molecule has 5 nitrogen and oxygen atoms in total. The van der Waals surface area contributed by atoms with E-state index in [4.69, 9.17) is 0 Å². The van der Waals surface area contributed by atoms with Gasteiger partial charge in [-0.3, -0.25) is 9.48 Å². The highest BCUT2D eigenvalue weighted by molar-refractivity contribution is 5.82. The molecule has 0 saturated carbocycles. The van der Waals surface area contributed by atoms with Crippen LogP contribution in [0.5, 0.6) is 0 Å². The molecule has 1 saturated heterocycles. The van der Waals surface area contributed by atoms with Gasteiger partial charge >= 0.3 is 0 Å². The van der Waals surface area contributed by atoms with Gasteiger partial charge < -0.3 is 10.6 Å².